The first kappa shape index (κ1) is 14.1. The van der Waals surface area contributed by atoms with E-state index in [0.717, 1.165) is 31.7 Å². The molecule has 0 aliphatic carbocycles. The number of aliphatic hydroxyl groups excluding tert-OH is 1. The number of aromatic nitrogens is 1. The molecule has 0 bridgehead atoms. The Hall–Kier alpha value is -1.32. The lowest BCUT2D eigenvalue weighted by atomic mass is 10.1. The van der Waals surface area contributed by atoms with Crippen molar-refractivity contribution in [3.05, 3.63) is 36.0 Å². The Labute approximate surface area is 114 Å². The predicted molar refractivity (Wildman–Crippen MR) is 78.1 cm³/mol. The van der Waals surface area contributed by atoms with Crippen LogP contribution < -0.4 is 0 Å². The van der Waals surface area contributed by atoms with E-state index in [9.17, 15) is 0 Å². The molecule has 0 aliphatic rings. The van der Waals surface area contributed by atoms with Crippen LogP contribution >= 0.6 is 0 Å². The molecule has 0 amide bonds. The minimum atomic E-state index is 0.0967. The van der Waals surface area contributed by atoms with Crippen LogP contribution in [0.3, 0.4) is 0 Å². The van der Waals surface area contributed by atoms with Crippen molar-refractivity contribution in [1.29, 1.82) is 0 Å². The molecule has 1 aromatic carbocycles. The second-order valence-electron chi connectivity index (χ2n) is 5.36. The summed E-state index contributed by atoms with van der Waals surface area (Å²) >= 11 is 0. The molecule has 1 N–H and O–H groups in total. The molecule has 0 atom stereocenters. The molecule has 0 radical (unpaired) electrons. The molecule has 2 rings (SSSR count). The first-order valence-electron chi connectivity index (χ1n) is 6.97. The van der Waals surface area contributed by atoms with E-state index in [-0.39, 0.29) is 6.61 Å². The molecule has 2 aromatic rings. The summed E-state index contributed by atoms with van der Waals surface area (Å²) in [6.07, 6.45) is 3.20. The quantitative estimate of drug-likeness (QED) is 0.777. The van der Waals surface area contributed by atoms with Crippen LogP contribution in [-0.2, 0) is 17.9 Å². The largest absolute Gasteiger partial charge is 0.392 e. The Balaban J connectivity index is 1.90. The number of benzene rings is 1. The van der Waals surface area contributed by atoms with Crippen molar-refractivity contribution in [2.45, 2.75) is 33.4 Å². The maximum Gasteiger partial charge on any atom is 0.0682 e. The van der Waals surface area contributed by atoms with Crippen molar-refractivity contribution in [3.63, 3.8) is 0 Å². The van der Waals surface area contributed by atoms with Gasteiger partial charge in [-0.2, -0.15) is 0 Å². The zero-order chi connectivity index (χ0) is 13.7. The molecule has 0 unspecified atom stereocenters. The van der Waals surface area contributed by atoms with Gasteiger partial charge in [0, 0.05) is 24.9 Å². The first-order chi connectivity index (χ1) is 9.20. The molecule has 0 spiro atoms. The Kier molecular flexibility index (Phi) is 5.00. The number of nitrogens with zero attached hydrogens (tertiary/aromatic N) is 1. The molecular weight excluding hydrogens is 238 g/mol. The van der Waals surface area contributed by atoms with E-state index in [0.29, 0.717) is 5.92 Å². The lowest BCUT2D eigenvalue weighted by Crippen LogP contribution is -2.07. The van der Waals surface area contributed by atoms with Crippen molar-refractivity contribution in [1.82, 2.24) is 4.57 Å². The molecular formula is C16H23NO2. The van der Waals surface area contributed by atoms with E-state index < -0.39 is 0 Å². The number of hydrogen-bond acceptors (Lipinski definition) is 2. The summed E-state index contributed by atoms with van der Waals surface area (Å²) in [5, 5.41) is 10.3. The van der Waals surface area contributed by atoms with Gasteiger partial charge in [0.15, 0.2) is 0 Å². The average molecular weight is 261 g/mol. The summed E-state index contributed by atoms with van der Waals surface area (Å²) in [7, 11) is 0. The summed E-state index contributed by atoms with van der Waals surface area (Å²) in [6, 6.07) is 8.15. The topological polar surface area (TPSA) is 34.4 Å². The van der Waals surface area contributed by atoms with Gasteiger partial charge in [0.2, 0.25) is 0 Å². The van der Waals surface area contributed by atoms with Crippen LogP contribution in [-0.4, -0.2) is 22.9 Å². The van der Waals surface area contributed by atoms with Crippen molar-refractivity contribution >= 4 is 10.9 Å². The highest BCUT2D eigenvalue weighted by atomic mass is 16.5. The molecule has 1 aromatic heterocycles. The SMILES string of the molecule is CC(C)CCOCCn1ccc2cc(CO)ccc21. The predicted octanol–water partition coefficient (Wildman–Crippen LogP) is 3.20. The van der Waals surface area contributed by atoms with Gasteiger partial charge in [-0.3, -0.25) is 0 Å². The zero-order valence-corrected chi connectivity index (χ0v) is 11.8. The molecule has 3 nitrogen and oxygen atoms in total. The average Bonchev–Trinajstić information content (AvgIpc) is 2.80. The number of fused-ring (bicyclic) bond motifs is 1. The highest BCUT2D eigenvalue weighted by molar-refractivity contribution is 5.80. The highest BCUT2D eigenvalue weighted by Gasteiger charge is 2.02. The molecule has 3 heteroatoms. The fourth-order valence-electron chi connectivity index (χ4n) is 2.13. The van der Waals surface area contributed by atoms with Crippen LogP contribution in [0.15, 0.2) is 30.5 Å². The lowest BCUT2D eigenvalue weighted by molar-refractivity contribution is 0.117. The number of aliphatic hydroxyl groups is 1. The van der Waals surface area contributed by atoms with E-state index in [1.54, 1.807) is 0 Å². The summed E-state index contributed by atoms with van der Waals surface area (Å²) < 4.78 is 7.85. The van der Waals surface area contributed by atoms with Gasteiger partial charge in [0.1, 0.15) is 0 Å². The van der Waals surface area contributed by atoms with Gasteiger partial charge in [0.05, 0.1) is 13.2 Å². The van der Waals surface area contributed by atoms with Gasteiger partial charge < -0.3 is 14.4 Å². The van der Waals surface area contributed by atoms with Crippen LogP contribution in [0.5, 0.6) is 0 Å². The van der Waals surface area contributed by atoms with Gasteiger partial charge in [-0.25, -0.2) is 0 Å². The van der Waals surface area contributed by atoms with E-state index in [2.05, 4.69) is 36.7 Å². The van der Waals surface area contributed by atoms with Gasteiger partial charge >= 0.3 is 0 Å². The monoisotopic (exact) mass is 261 g/mol. The van der Waals surface area contributed by atoms with E-state index >= 15 is 0 Å². The van der Waals surface area contributed by atoms with E-state index in [1.165, 1.54) is 10.9 Å². The van der Waals surface area contributed by atoms with Crippen molar-refractivity contribution in [2.24, 2.45) is 5.92 Å². The Morgan fingerprint density at radius 1 is 1.21 bits per heavy atom. The lowest BCUT2D eigenvalue weighted by Gasteiger charge is -2.08. The van der Waals surface area contributed by atoms with Crippen LogP contribution in [0.4, 0.5) is 0 Å². The molecule has 0 aliphatic heterocycles. The van der Waals surface area contributed by atoms with E-state index in [4.69, 9.17) is 9.84 Å². The van der Waals surface area contributed by atoms with Gasteiger partial charge in [-0.15, -0.1) is 0 Å². The molecule has 0 fully saturated rings. The van der Waals surface area contributed by atoms with Crippen LogP contribution in [0, 0.1) is 5.92 Å². The smallest absolute Gasteiger partial charge is 0.0682 e. The van der Waals surface area contributed by atoms with Crippen LogP contribution in [0.1, 0.15) is 25.8 Å². The third-order valence-electron chi connectivity index (χ3n) is 3.33. The second-order valence-corrected chi connectivity index (χ2v) is 5.36. The molecule has 0 saturated carbocycles. The fraction of sp³-hybridized carbons (Fsp3) is 0.500. The third kappa shape index (κ3) is 3.82. The zero-order valence-electron chi connectivity index (χ0n) is 11.8. The minimum absolute atomic E-state index is 0.0967. The van der Waals surface area contributed by atoms with Gasteiger partial charge in [0.25, 0.3) is 0 Å². The summed E-state index contributed by atoms with van der Waals surface area (Å²) in [4.78, 5) is 0. The summed E-state index contributed by atoms with van der Waals surface area (Å²) in [5.74, 6) is 0.698. The second kappa shape index (κ2) is 6.73. The number of hydrogen-bond donors (Lipinski definition) is 1. The van der Waals surface area contributed by atoms with Crippen molar-refractivity contribution < 1.29 is 9.84 Å². The standard InChI is InChI=1S/C16H23NO2/c1-13(2)6-9-19-10-8-17-7-5-15-11-14(12-18)3-4-16(15)17/h3-5,7,11,13,18H,6,8-10,12H2,1-2H3. The van der Waals surface area contributed by atoms with Crippen molar-refractivity contribution in [3.8, 4) is 0 Å². The van der Waals surface area contributed by atoms with Gasteiger partial charge in [-0.1, -0.05) is 19.9 Å². The maximum absolute atomic E-state index is 9.12. The minimum Gasteiger partial charge on any atom is -0.392 e. The van der Waals surface area contributed by atoms with E-state index in [1.807, 2.05) is 12.1 Å². The summed E-state index contributed by atoms with van der Waals surface area (Å²) in [6.45, 7) is 6.98. The fourth-order valence-corrected chi connectivity index (χ4v) is 2.13. The van der Waals surface area contributed by atoms with Gasteiger partial charge in [-0.05, 0) is 41.5 Å². The van der Waals surface area contributed by atoms with Crippen LogP contribution in [0.25, 0.3) is 10.9 Å². The first-order valence-corrected chi connectivity index (χ1v) is 6.97. The molecule has 0 saturated heterocycles. The Morgan fingerprint density at radius 2 is 2.05 bits per heavy atom. The number of ether oxygens (including phenoxy) is 1. The molecule has 104 valence electrons. The third-order valence-corrected chi connectivity index (χ3v) is 3.33. The maximum atomic E-state index is 9.12. The van der Waals surface area contributed by atoms with Crippen LogP contribution in [0.2, 0.25) is 0 Å². The van der Waals surface area contributed by atoms with Crippen molar-refractivity contribution in [2.75, 3.05) is 13.2 Å². The molecule has 1 heterocycles. The Morgan fingerprint density at radius 3 is 2.79 bits per heavy atom. The summed E-state index contributed by atoms with van der Waals surface area (Å²) in [5.41, 5.74) is 2.16. The number of rotatable bonds is 7. The highest BCUT2D eigenvalue weighted by Crippen LogP contribution is 2.17. The Bertz CT molecular complexity index is 516. The normalized spacial score (nSPS) is 11.6. The molecule has 19 heavy (non-hydrogen) atoms.